The van der Waals surface area contributed by atoms with Crippen LogP contribution in [0.15, 0.2) is 66.7 Å². The lowest BCUT2D eigenvalue weighted by Gasteiger charge is -2.38. The number of fused-ring (bicyclic) bond motifs is 2. The molecule has 0 unspecified atom stereocenters. The van der Waals surface area contributed by atoms with E-state index >= 15 is 0 Å². The summed E-state index contributed by atoms with van der Waals surface area (Å²) in [6.07, 6.45) is 0. The van der Waals surface area contributed by atoms with Crippen LogP contribution < -0.4 is 19.7 Å². The van der Waals surface area contributed by atoms with Gasteiger partial charge in [-0.2, -0.15) is 0 Å². The number of para-hydroxylation sites is 1. The normalized spacial score (nSPS) is 13.9. The second-order valence-electron chi connectivity index (χ2n) is 9.43. The average molecular weight is 518 g/mol. The number of benzene rings is 3. The summed E-state index contributed by atoms with van der Waals surface area (Å²) in [5.74, 6) is -1.99. The molecular formula is C28H24FN3O6. The quantitative estimate of drug-likeness (QED) is 0.481. The van der Waals surface area contributed by atoms with Crippen LogP contribution in [0.4, 0.5) is 15.8 Å². The molecule has 0 spiro atoms. The van der Waals surface area contributed by atoms with Gasteiger partial charge < -0.3 is 19.7 Å². The molecule has 0 bridgehead atoms. The second-order valence-corrected chi connectivity index (χ2v) is 9.43. The molecule has 2 aliphatic heterocycles. The number of hydrogen-bond acceptors (Lipinski definition) is 6. The number of nitrogens with zero attached hydrogens (tertiary/aromatic N) is 2. The van der Waals surface area contributed by atoms with Crippen molar-refractivity contribution in [2.75, 3.05) is 23.6 Å². The monoisotopic (exact) mass is 517 g/mol. The van der Waals surface area contributed by atoms with Crippen LogP contribution in [-0.2, 0) is 20.9 Å². The van der Waals surface area contributed by atoms with Crippen LogP contribution in [0.1, 0.15) is 29.8 Å². The third-order valence-corrected chi connectivity index (χ3v) is 6.59. The molecule has 10 heteroatoms. The standard InChI is InChI=1S/C28H24FN3O6/c1-28(2,27(36)30-19-11-12-22-23(13-19)38-16-37-22)32(14-17-7-9-18(29)10-8-17)24(33)15-31-21-6-4-3-5-20(21)25(34)26(31)35/h3-13H,14-16H2,1-2H3,(H,30,36). The van der Waals surface area contributed by atoms with Gasteiger partial charge in [0.05, 0.1) is 11.3 Å². The molecule has 0 atom stereocenters. The largest absolute Gasteiger partial charge is 0.454 e. The van der Waals surface area contributed by atoms with E-state index < -0.39 is 41.4 Å². The lowest BCUT2D eigenvalue weighted by molar-refractivity contribution is -0.143. The number of hydrogen-bond donors (Lipinski definition) is 1. The van der Waals surface area contributed by atoms with Crippen LogP contribution >= 0.6 is 0 Å². The molecule has 0 radical (unpaired) electrons. The number of rotatable bonds is 7. The first-order valence-corrected chi connectivity index (χ1v) is 11.9. The molecule has 1 N–H and O–H groups in total. The smallest absolute Gasteiger partial charge is 0.299 e. The predicted molar refractivity (Wildman–Crippen MR) is 135 cm³/mol. The van der Waals surface area contributed by atoms with Crippen molar-refractivity contribution in [1.82, 2.24) is 4.90 Å². The number of carbonyl (C=O) groups excluding carboxylic acids is 4. The van der Waals surface area contributed by atoms with E-state index in [1.165, 1.54) is 35.2 Å². The molecule has 3 aromatic carbocycles. The maximum atomic E-state index is 13.7. The van der Waals surface area contributed by atoms with E-state index in [2.05, 4.69) is 5.32 Å². The number of halogens is 1. The summed E-state index contributed by atoms with van der Waals surface area (Å²) in [6.45, 7) is 2.73. The van der Waals surface area contributed by atoms with Crippen molar-refractivity contribution in [3.05, 3.63) is 83.7 Å². The van der Waals surface area contributed by atoms with Crippen LogP contribution in [-0.4, -0.2) is 47.3 Å². The van der Waals surface area contributed by atoms with E-state index in [1.54, 1.807) is 50.2 Å². The Kier molecular flexibility index (Phi) is 6.31. The topological polar surface area (TPSA) is 105 Å². The Bertz CT molecular complexity index is 1450. The van der Waals surface area contributed by atoms with Gasteiger partial charge in [0, 0.05) is 18.3 Å². The molecule has 3 aromatic rings. The zero-order valence-corrected chi connectivity index (χ0v) is 20.7. The zero-order valence-electron chi connectivity index (χ0n) is 20.7. The van der Waals surface area contributed by atoms with Crippen molar-refractivity contribution in [3.8, 4) is 11.5 Å². The zero-order chi connectivity index (χ0) is 27.0. The molecule has 3 amide bonds. The Labute approximate surface area is 217 Å². The van der Waals surface area contributed by atoms with Gasteiger partial charge in [0.15, 0.2) is 11.5 Å². The van der Waals surface area contributed by atoms with E-state index in [0.717, 1.165) is 4.90 Å². The van der Waals surface area contributed by atoms with Crippen LogP contribution in [0.2, 0.25) is 0 Å². The Hall–Kier alpha value is -4.73. The minimum atomic E-state index is -1.42. The summed E-state index contributed by atoms with van der Waals surface area (Å²) in [5.41, 5.74) is 0.146. The first-order chi connectivity index (χ1) is 18.1. The van der Waals surface area contributed by atoms with E-state index in [1.807, 2.05) is 0 Å². The molecule has 0 fully saturated rings. The van der Waals surface area contributed by atoms with Gasteiger partial charge in [-0.1, -0.05) is 24.3 Å². The van der Waals surface area contributed by atoms with Gasteiger partial charge in [-0.3, -0.25) is 24.1 Å². The van der Waals surface area contributed by atoms with Gasteiger partial charge in [0.1, 0.15) is 17.9 Å². The van der Waals surface area contributed by atoms with E-state index in [-0.39, 0.29) is 18.9 Å². The molecule has 0 aromatic heterocycles. The first kappa shape index (κ1) is 24.9. The minimum Gasteiger partial charge on any atom is -0.454 e. The molecule has 0 aliphatic carbocycles. The molecule has 9 nitrogen and oxygen atoms in total. The number of ether oxygens (including phenoxy) is 2. The summed E-state index contributed by atoms with van der Waals surface area (Å²) in [5, 5.41) is 2.80. The van der Waals surface area contributed by atoms with Crippen LogP contribution in [0, 0.1) is 5.82 Å². The highest BCUT2D eigenvalue weighted by atomic mass is 19.1. The number of amides is 3. The summed E-state index contributed by atoms with van der Waals surface area (Å²) >= 11 is 0. The van der Waals surface area contributed by atoms with Crippen molar-refractivity contribution in [3.63, 3.8) is 0 Å². The Morgan fingerprint density at radius 3 is 2.47 bits per heavy atom. The molecule has 5 rings (SSSR count). The lowest BCUT2D eigenvalue weighted by atomic mass is 9.99. The Morgan fingerprint density at radius 1 is 1.00 bits per heavy atom. The molecule has 2 heterocycles. The predicted octanol–water partition coefficient (Wildman–Crippen LogP) is 3.53. The van der Waals surface area contributed by atoms with Crippen LogP contribution in [0.5, 0.6) is 11.5 Å². The van der Waals surface area contributed by atoms with Crippen molar-refractivity contribution < 1.29 is 33.0 Å². The summed E-state index contributed by atoms with van der Waals surface area (Å²) < 4.78 is 24.2. The fraction of sp³-hybridized carbons (Fsp3) is 0.214. The summed E-state index contributed by atoms with van der Waals surface area (Å²) in [7, 11) is 0. The van der Waals surface area contributed by atoms with Crippen molar-refractivity contribution in [2.45, 2.75) is 25.9 Å². The molecule has 0 saturated heterocycles. The summed E-state index contributed by atoms with van der Waals surface area (Å²) in [4.78, 5) is 54.8. The highest BCUT2D eigenvalue weighted by Gasteiger charge is 2.42. The third-order valence-electron chi connectivity index (χ3n) is 6.59. The van der Waals surface area contributed by atoms with E-state index in [4.69, 9.17) is 9.47 Å². The van der Waals surface area contributed by atoms with Crippen molar-refractivity contribution >= 4 is 34.9 Å². The Morgan fingerprint density at radius 2 is 1.71 bits per heavy atom. The number of carbonyl (C=O) groups is 4. The summed E-state index contributed by atoms with van der Waals surface area (Å²) in [6, 6.07) is 16.9. The van der Waals surface area contributed by atoms with E-state index in [0.29, 0.717) is 28.4 Å². The third kappa shape index (κ3) is 4.56. The van der Waals surface area contributed by atoms with Gasteiger partial charge in [-0.15, -0.1) is 0 Å². The second kappa shape index (κ2) is 9.62. The minimum absolute atomic E-state index is 0.0434. The number of nitrogens with one attached hydrogen (secondary N) is 1. The molecule has 194 valence electrons. The number of Topliss-reactive ketones (excluding diaryl/α,β-unsaturated/α-hetero) is 1. The fourth-order valence-corrected chi connectivity index (χ4v) is 4.38. The first-order valence-electron chi connectivity index (χ1n) is 11.9. The van der Waals surface area contributed by atoms with Crippen LogP contribution in [0.25, 0.3) is 0 Å². The van der Waals surface area contributed by atoms with Gasteiger partial charge in [0.25, 0.3) is 11.7 Å². The fourth-order valence-electron chi connectivity index (χ4n) is 4.38. The van der Waals surface area contributed by atoms with Crippen LogP contribution in [0.3, 0.4) is 0 Å². The highest BCUT2D eigenvalue weighted by molar-refractivity contribution is 6.52. The molecule has 38 heavy (non-hydrogen) atoms. The van der Waals surface area contributed by atoms with Crippen molar-refractivity contribution in [2.24, 2.45) is 0 Å². The maximum absolute atomic E-state index is 13.7. The number of ketones is 1. The van der Waals surface area contributed by atoms with Gasteiger partial charge in [-0.05, 0) is 55.8 Å². The lowest BCUT2D eigenvalue weighted by Crippen LogP contribution is -2.57. The Balaban J connectivity index is 1.42. The molecule has 2 aliphatic rings. The number of anilines is 2. The van der Waals surface area contributed by atoms with Gasteiger partial charge in [-0.25, -0.2) is 4.39 Å². The maximum Gasteiger partial charge on any atom is 0.299 e. The van der Waals surface area contributed by atoms with Gasteiger partial charge in [0.2, 0.25) is 18.6 Å². The SMILES string of the molecule is CC(C)(C(=O)Nc1ccc2c(c1)OCO2)N(Cc1ccc(F)cc1)C(=O)CN1C(=O)C(=O)c2ccccc21. The highest BCUT2D eigenvalue weighted by Crippen LogP contribution is 2.35. The molecular weight excluding hydrogens is 493 g/mol. The van der Waals surface area contributed by atoms with Gasteiger partial charge >= 0.3 is 0 Å². The van der Waals surface area contributed by atoms with E-state index in [9.17, 15) is 23.6 Å². The molecule has 0 saturated carbocycles. The average Bonchev–Trinajstić information content (AvgIpc) is 3.46. The van der Waals surface area contributed by atoms with Crippen molar-refractivity contribution in [1.29, 1.82) is 0 Å².